The number of para-hydroxylation sites is 1. The van der Waals surface area contributed by atoms with Gasteiger partial charge in [-0.1, -0.05) is 12.1 Å². The summed E-state index contributed by atoms with van der Waals surface area (Å²) >= 11 is 1.80. The first-order valence-corrected chi connectivity index (χ1v) is 7.11. The van der Waals surface area contributed by atoms with Gasteiger partial charge in [-0.15, -0.1) is 11.3 Å². The van der Waals surface area contributed by atoms with Gasteiger partial charge in [-0.2, -0.15) is 0 Å². The van der Waals surface area contributed by atoms with Crippen molar-refractivity contribution in [3.8, 4) is 11.5 Å². The Bertz CT molecular complexity index is 578. The Morgan fingerprint density at radius 1 is 1.26 bits per heavy atom. The van der Waals surface area contributed by atoms with Crippen molar-refractivity contribution in [3.05, 3.63) is 45.1 Å². The number of rotatable bonds is 4. The van der Waals surface area contributed by atoms with Crippen LogP contribution in [0.1, 0.15) is 33.8 Å². The van der Waals surface area contributed by atoms with Gasteiger partial charge in [0.2, 0.25) is 0 Å². The standard InChI is InChI=1S/C15H19NO2S/c1-9-7-13(11(3)19-9)10(2)16-8-12-5-4-6-14(17)15(12)18/h4-7,10,16-18H,8H2,1-3H3. The van der Waals surface area contributed by atoms with Crippen LogP contribution in [0.4, 0.5) is 0 Å². The number of phenols is 2. The molecule has 0 fully saturated rings. The highest BCUT2D eigenvalue weighted by atomic mass is 32.1. The molecular formula is C15H19NO2S. The minimum atomic E-state index is -0.0745. The van der Waals surface area contributed by atoms with Crippen molar-refractivity contribution in [1.82, 2.24) is 5.32 Å². The second kappa shape index (κ2) is 5.63. The summed E-state index contributed by atoms with van der Waals surface area (Å²) in [5.74, 6) is -0.116. The van der Waals surface area contributed by atoms with E-state index in [1.165, 1.54) is 21.4 Å². The average molecular weight is 277 g/mol. The maximum atomic E-state index is 9.75. The highest BCUT2D eigenvalue weighted by Crippen LogP contribution is 2.30. The van der Waals surface area contributed by atoms with E-state index in [1.807, 2.05) is 0 Å². The Labute approximate surface area is 117 Å². The lowest BCUT2D eigenvalue weighted by Gasteiger charge is -2.15. The Kier molecular flexibility index (Phi) is 4.12. The summed E-state index contributed by atoms with van der Waals surface area (Å²) in [7, 11) is 0. The molecule has 1 aromatic carbocycles. The van der Waals surface area contributed by atoms with Gasteiger partial charge < -0.3 is 15.5 Å². The van der Waals surface area contributed by atoms with Crippen LogP contribution < -0.4 is 5.32 Å². The van der Waals surface area contributed by atoms with Gasteiger partial charge in [-0.25, -0.2) is 0 Å². The molecule has 0 bridgehead atoms. The molecule has 1 atom stereocenters. The van der Waals surface area contributed by atoms with Crippen LogP contribution in [0.2, 0.25) is 0 Å². The second-order valence-electron chi connectivity index (χ2n) is 4.76. The first kappa shape index (κ1) is 13.9. The summed E-state index contributed by atoms with van der Waals surface area (Å²) in [5.41, 5.74) is 2.00. The molecule has 0 amide bonds. The molecule has 3 N–H and O–H groups in total. The number of hydrogen-bond acceptors (Lipinski definition) is 4. The maximum absolute atomic E-state index is 9.75. The van der Waals surface area contributed by atoms with E-state index < -0.39 is 0 Å². The van der Waals surface area contributed by atoms with Gasteiger partial charge in [-0.3, -0.25) is 0 Å². The number of hydrogen-bond donors (Lipinski definition) is 3. The molecule has 0 aliphatic heterocycles. The maximum Gasteiger partial charge on any atom is 0.161 e. The smallest absolute Gasteiger partial charge is 0.161 e. The van der Waals surface area contributed by atoms with Crippen LogP contribution >= 0.6 is 11.3 Å². The molecule has 1 heterocycles. The third-order valence-corrected chi connectivity index (χ3v) is 4.22. The quantitative estimate of drug-likeness (QED) is 0.748. The zero-order valence-corrected chi connectivity index (χ0v) is 12.2. The monoisotopic (exact) mass is 277 g/mol. The van der Waals surface area contributed by atoms with E-state index in [0.717, 1.165) is 0 Å². The van der Waals surface area contributed by atoms with Crippen molar-refractivity contribution in [2.45, 2.75) is 33.4 Å². The predicted molar refractivity (Wildman–Crippen MR) is 78.8 cm³/mol. The van der Waals surface area contributed by atoms with Crippen molar-refractivity contribution in [2.75, 3.05) is 0 Å². The Hall–Kier alpha value is -1.52. The van der Waals surface area contributed by atoms with Crippen LogP contribution in [0.15, 0.2) is 24.3 Å². The van der Waals surface area contributed by atoms with Crippen molar-refractivity contribution >= 4 is 11.3 Å². The molecule has 1 aromatic heterocycles. The van der Waals surface area contributed by atoms with Crippen LogP contribution in [-0.4, -0.2) is 10.2 Å². The minimum absolute atomic E-state index is 0.0413. The topological polar surface area (TPSA) is 52.5 Å². The van der Waals surface area contributed by atoms with Crippen LogP contribution in [0.5, 0.6) is 11.5 Å². The van der Waals surface area contributed by atoms with Crippen molar-refractivity contribution < 1.29 is 10.2 Å². The fourth-order valence-electron chi connectivity index (χ4n) is 2.17. The summed E-state index contributed by atoms with van der Waals surface area (Å²) < 4.78 is 0. The lowest BCUT2D eigenvalue weighted by molar-refractivity contribution is 0.396. The van der Waals surface area contributed by atoms with Crippen LogP contribution in [0.25, 0.3) is 0 Å². The van der Waals surface area contributed by atoms with Gasteiger partial charge in [0, 0.05) is 27.9 Å². The van der Waals surface area contributed by atoms with Gasteiger partial charge in [0.05, 0.1) is 0 Å². The number of phenolic OH excluding ortho intramolecular Hbond substituents is 2. The third-order valence-electron chi connectivity index (χ3n) is 3.24. The Balaban J connectivity index is 2.06. The van der Waals surface area contributed by atoms with Crippen LogP contribution in [0.3, 0.4) is 0 Å². The molecule has 0 spiro atoms. The number of benzene rings is 1. The van der Waals surface area contributed by atoms with E-state index in [2.05, 4.69) is 32.2 Å². The van der Waals surface area contributed by atoms with Gasteiger partial charge >= 0.3 is 0 Å². The summed E-state index contributed by atoms with van der Waals surface area (Å²) in [4.78, 5) is 2.62. The number of nitrogens with one attached hydrogen (secondary N) is 1. The molecule has 0 aliphatic carbocycles. The molecule has 3 nitrogen and oxygen atoms in total. The lowest BCUT2D eigenvalue weighted by atomic mass is 10.1. The SMILES string of the molecule is Cc1cc(C(C)NCc2cccc(O)c2O)c(C)s1. The van der Waals surface area contributed by atoms with Gasteiger partial charge in [-0.05, 0) is 38.5 Å². The lowest BCUT2D eigenvalue weighted by Crippen LogP contribution is -2.18. The highest BCUT2D eigenvalue weighted by molar-refractivity contribution is 7.12. The van der Waals surface area contributed by atoms with Crippen molar-refractivity contribution in [2.24, 2.45) is 0 Å². The van der Waals surface area contributed by atoms with Crippen molar-refractivity contribution in [3.63, 3.8) is 0 Å². The molecule has 0 saturated carbocycles. The molecule has 0 aliphatic rings. The van der Waals surface area contributed by atoms with Crippen LogP contribution in [0, 0.1) is 13.8 Å². The summed E-state index contributed by atoms with van der Waals surface area (Å²) in [5, 5.41) is 22.6. The zero-order valence-electron chi connectivity index (χ0n) is 11.4. The molecule has 4 heteroatoms. The first-order valence-electron chi connectivity index (χ1n) is 6.29. The third kappa shape index (κ3) is 3.08. The molecular weight excluding hydrogens is 258 g/mol. The van der Waals surface area contributed by atoms with Crippen LogP contribution in [-0.2, 0) is 6.54 Å². The van der Waals surface area contributed by atoms with E-state index in [1.54, 1.807) is 23.5 Å². The molecule has 2 rings (SSSR count). The molecule has 0 radical (unpaired) electrons. The van der Waals surface area contributed by atoms with Gasteiger partial charge in [0.15, 0.2) is 11.5 Å². The number of aryl methyl sites for hydroxylation is 2. The van der Waals surface area contributed by atoms with E-state index in [-0.39, 0.29) is 17.5 Å². The fraction of sp³-hybridized carbons (Fsp3) is 0.333. The fourth-order valence-corrected chi connectivity index (χ4v) is 3.20. The molecule has 1 unspecified atom stereocenters. The van der Waals surface area contributed by atoms with Gasteiger partial charge in [0.25, 0.3) is 0 Å². The average Bonchev–Trinajstić information content (AvgIpc) is 2.70. The number of aromatic hydroxyl groups is 2. The summed E-state index contributed by atoms with van der Waals surface area (Å²) in [6, 6.07) is 7.43. The predicted octanol–water partition coefficient (Wildman–Crippen LogP) is 3.63. The molecule has 19 heavy (non-hydrogen) atoms. The first-order chi connectivity index (χ1) is 8.99. The highest BCUT2D eigenvalue weighted by Gasteiger charge is 2.12. The molecule has 102 valence electrons. The van der Waals surface area contributed by atoms with Gasteiger partial charge in [0.1, 0.15) is 0 Å². The molecule has 2 aromatic rings. The molecule has 0 saturated heterocycles. The minimum Gasteiger partial charge on any atom is -0.504 e. The summed E-state index contributed by atoms with van der Waals surface area (Å²) in [6.07, 6.45) is 0. The van der Waals surface area contributed by atoms with Crippen molar-refractivity contribution in [1.29, 1.82) is 0 Å². The van der Waals surface area contributed by atoms with E-state index in [9.17, 15) is 10.2 Å². The van der Waals surface area contributed by atoms with E-state index >= 15 is 0 Å². The van der Waals surface area contributed by atoms with E-state index in [0.29, 0.717) is 12.1 Å². The largest absolute Gasteiger partial charge is 0.504 e. The van der Waals surface area contributed by atoms with E-state index in [4.69, 9.17) is 0 Å². The zero-order chi connectivity index (χ0) is 14.0. The second-order valence-corrected chi connectivity index (χ2v) is 6.22. The Morgan fingerprint density at radius 2 is 2.00 bits per heavy atom. The number of thiophene rings is 1. The summed E-state index contributed by atoms with van der Waals surface area (Å²) in [6.45, 7) is 6.86. The normalized spacial score (nSPS) is 12.6. The Morgan fingerprint density at radius 3 is 2.63 bits per heavy atom.